The van der Waals surface area contributed by atoms with Crippen molar-refractivity contribution in [2.24, 2.45) is 4.99 Å². The molecule has 3 unspecified atom stereocenters. The molecule has 6 rings (SSSR count). The highest BCUT2D eigenvalue weighted by molar-refractivity contribution is 6.00. The molecule has 2 amide bonds. The van der Waals surface area contributed by atoms with Crippen LogP contribution in [0.25, 0.3) is 0 Å². The largest absolute Gasteiger partial charge is 0.461 e. The number of rotatable bonds is 7. The number of hydrogen-bond donors (Lipinski definition) is 1. The molecule has 12 nitrogen and oxygen atoms in total. The van der Waals surface area contributed by atoms with Crippen molar-refractivity contribution in [1.29, 1.82) is 0 Å². The topological polar surface area (TPSA) is 131 Å². The van der Waals surface area contributed by atoms with E-state index in [1.165, 1.54) is 19.2 Å². The summed E-state index contributed by atoms with van der Waals surface area (Å²) in [5, 5.41) is 13.8. The van der Waals surface area contributed by atoms with E-state index in [9.17, 15) is 18.4 Å². The fraction of sp³-hybridized carbons (Fsp3) is 0.345. The highest BCUT2D eigenvalue weighted by Gasteiger charge is 2.47. The lowest BCUT2D eigenvalue weighted by atomic mass is 9.91. The zero-order valence-corrected chi connectivity index (χ0v) is 23.8. The minimum atomic E-state index is -2.91. The van der Waals surface area contributed by atoms with Gasteiger partial charge in [-0.15, -0.1) is 10.2 Å². The minimum absolute atomic E-state index is 0.134. The van der Waals surface area contributed by atoms with Crippen LogP contribution in [0, 0.1) is 0 Å². The third kappa shape index (κ3) is 5.57. The number of halogens is 3. The molecule has 1 saturated heterocycles. The molecule has 1 N–H and O–H groups in total. The number of piperazine rings is 1. The molecule has 3 aliphatic rings. The van der Waals surface area contributed by atoms with Gasteiger partial charge in [0.25, 0.3) is 5.91 Å². The number of nitrogens with one attached hydrogen (secondary N) is 1. The number of carbonyl (C=O) groups is 2. The van der Waals surface area contributed by atoms with Crippen LogP contribution >= 0.6 is 0 Å². The van der Waals surface area contributed by atoms with Gasteiger partial charge in [0.1, 0.15) is 5.69 Å². The smallest absolute Gasteiger partial charge is 0.350 e. The molecule has 1 aromatic carbocycles. The molecule has 1 fully saturated rings. The first kappa shape index (κ1) is 29.2. The Morgan fingerprint density at radius 2 is 1.86 bits per heavy atom. The Hall–Kier alpha value is -4.92. The number of allylic oxidation sites excluding steroid dienone is 1. The minimum Gasteiger partial charge on any atom is -0.461 e. The second kappa shape index (κ2) is 11.6. The molecule has 3 aromatic rings. The molecule has 228 valence electrons. The molecular formula is C29H28F3N9O3. The molecule has 0 saturated carbocycles. The van der Waals surface area contributed by atoms with E-state index in [1.807, 2.05) is 35.2 Å². The van der Waals surface area contributed by atoms with E-state index >= 15 is 4.39 Å². The van der Waals surface area contributed by atoms with Crippen LogP contribution in [0.2, 0.25) is 0 Å². The molecule has 2 aliphatic heterocycles. The Balaban J connectivity index is 1.17. The van der Waals surface area contributed by atoms with Gasteiger partial charge in [0, 0.05) is 50.6 Å². The first-order valence-corrected chi connectivity index (χ1v) is 13.9. The molecule has 2 aromatic heterocycles. The summed E-state index contributed by atoms with van der Waals surface area (Å²) in [6, 6.07) is 11.9. The lowest BCUT2D eigenvalue weighted by Gasteiger charge is -2.38. The van der Waals surface area contributed by atoms with E-state index in [0.29, 0.717) is 43.1 Å². The van der Waals surface area contributed by atoms with Crippen molar-refractivity contribution >= 4 is 17.7 Å². The van der Waals surface area contributed by atoms with E-state index in [2.05, 4.69) is 30.7 Å². The van der Waals surface area contributed by atoms with Crippen LogP contribution in [0.4, 0.5) is 13.2 Å². The number of aliphatic imine (C=N–C) groups is 1. The van der Waals surface area contributed by atoms with Crippen molar-refractivity contribution in [2.45, 2.75) is 38.2 Å². The van der Waals surface area contributed by atoms with Gasteiger partial charge >= 0.3 is 6.55 Å². The Morgan fingerprint density at radius 3 is 2.55 bits per heavy atom. The van der Waals surface area contributed by atoms with Gasteiger partial charge < -0.3 is 15.0 Å². The number of amides is 2. The maximum atomic E-state index is 15.1. The molecule has 0 spiro atoms. The number of nitrogens with zero attached hydrogens (tertiary/aromatic N) is 8. The van der Waals surface area contributed by atoms with Crippen molar-refractivity contribution in [1.82, 2.24) is 40.3 Å². The molecule has 15 heteroatoms. The number of carbonyl (C=O) groups excluding carboxylic acids is 2. The van der Waals surface area contributed by atoms with Gasteiger partial charge in [0.15, 0.2) is 17.6 Å². The number of ether oxygens (including phenoxy) is 1. The number of pyridine rings is 1. The average Bonchev–Trinajstić information content (AvgIpc) is 3.64. The SMILES string of the molecule is CC(=O)NC1=CC(F)C2(C)OC(c3ccnc(C(=O)N4CCN(C(c5ccccc5)c5nnn(C(F)F)n5)CC4)c3)=NC2=C1. The quantitative estimate of drug-likeness (QED) is 0.434. The standard InChI is InChI=1S/C29H28F3N9O3/c1-17(42)34-20-15-22(30)29(2)23(16-20)35-26(44-29)19-8-9-33-21(14-19)27(43)40-12-10-39(11-13-40)24(18-6-4-3-5-7-18)25-36-38-41(37-25)28(31)32/h3-9,14-16,22,24,28H,10-13H2,1-2H3,(H,34,42). The number of benzene rings is 1. The fourth-order valence-corrected chi connectivity index (χ4v) is 5.40. The second-order valence-corrected chi connectivity index (χ2v) is 10.7. The summed E-state index contributed by atoms with van der Waals surface area (Å²) in [7, 11) is 0. The van der Waals surface area contributed by atoms with E-state index < -0.39 is 24.4 Å². The van der Waals surface area contributed by atoms with Gasteiger partial charge in [-0.3, -0.25) is 19.5 Å². The Bertz CT molecular complexity index is 1670. The summed E-state index contributed by atoms with van der Waals surface area (Å²) in [4.78, 5) is 37.6. The first-order chi connectivity index (χ1) is 21.1. The maximum Gasteiger partial charge on any atom is 0.350 e. The predicted octanol–water partition coefficient (Wildman–Crippen LogP) is 2.80. The Morgan fingerprint density at radius 1 is 1.11 bits per heavy atom. The van der Waals surface area contributed by atoms with Crippen molar-refractivity contribution in [3.05, 3.63) is 94.9 Å². The van der Waals surface area contributed by atoms with Gasteiger partial charge in [-0.1, -0.05) is 35.1 Å². The molecule has 0 bridgehead atoms. The third-order valence-electron chi connectivity index (χ3n) is 7.67. The lowest BCUT2D eigenvalue weighted by molar-refractivity contribution is -0.118. The molecule has 0 radical (unpaired) electrons. The summed E-state index contributed by atoms with van der Waals surface area (Å²) in [5.41, 5.74) is 0.636. The Labute approximate surface area is 249 Å². The van der Waals surface area contributed by atoms with E-state index in [-0.39, 0.29) is 34.0 Å². The van der Waals surface area contributed by atoms with Gasteiger partial charge in [0.2, 0.25) is 11.8 Å². The summed E-state index contributed by atoms with van der Waals surface area (Å²) >= 11 is 0. The first-order valence-electron chi connectivity index (χ1n) is 13.9. The summed E-state index contributed by atoms with van der Waals surface area (Å²) in [5.74, 6) is -0.377. The summed E-state index contributed by atoms with van der Waals surface area (Å²) in [6.45, 7) is 1.49. The molecule has 4 heterocycles. The normalized spacial score (nSPS) is 22.5. The monoisotopic (exact) mass is 607 g/mol. The van der Waals surface area contributed by atoms with E-state index in [4.69, 9.17) is 4.74 Å². The lowest BCUT2D eigenvalue weighted by Crippen LogP contribution is -2.50. The molecule has 3 atom stereocenters. The third-order valence-corrected chi connectivity index (χ3v) is 7.67. The van der Waals surface area contributed by atoms with Crippen LogP contribution in [-0.2, 0) is 9.53 Å². The van der Waals surface area contributed by atoms with Gasteiger partial charge in [0.05, 0.1) is 11.7 Å². The number of hydrogen-bond acceptors (Lipinski definition) is 9. The predicted molar refractivity (Wildman–Crippen MR) is 150 cm³/mol. The summed E-state index contributed by atoms with van der Waals surface area (Å²) in [6.07, 6.45) is 2.72. The van der Waals surface area contributed by atoms with E-state index in [0.717, 1.165) is 5.56 Å². The van der Waals surface area contributed by atoms with Crippen molar-refractivity contribution in [3.8, 4) is 0 Å². The zero-order valence-electron chi connectivity index (χ0n) is 23.8. The van der Waals surface area contributed by atoms with Crippen molar-refractivity contribution < 1.29 is 27.5 Å². The number of tetrazole rings is 1. The molecule has 1 aliphatic carbocycles. The fourth-order valence-electron chi connectivity index (χ4n) is 5.40. The Kier molecular flexibility index (Phi) is 7.71. The van der Waals surface area contributed by atoms with Crippen molar-refractivity contribution in [3.63, 3.8) is 0 Å². The average molecular weight is 608 g/mol. The second-order valence-electron chi connectivity index (χ2n) is 10.7. The van der Waals surface area contributed by atoms with Crippen LogP contribution < -0.4 is 5.32 Å². The van der Waals surface area contributed by atoms with Crippen LogP contribution in [-0.4, -0.2) is 90.7 Å². The molecular weight excluding hydrogens is 579 g/mol. The van der Waals surface area contributed by atoms with Crippen LogP contribution in [0.5, 0.6) is 0 Å². The van der Waals surface area contributed by atoms with Gasteiger partial charge in [-0.25, -0.2) is 9.38 Å². The van der Waals surface area contributed by atoms with Gasteiger partial charge in [-0.2, -0.15) is 8.78 Å². The van der Waals surface area contributed by atoms with Crippen LogP contribution in [0.3, 0.4) is 0 Å². The van der Waals surface area contributed by atoms with Crippen LogP contribution in [0.15, 0.2) is 77.2 Å². The zero-order chi connectivity index (χ0) is 31.0. The van der Waals surface area contributed by atoms with Crippen LogP contribution in [0.1, 0.15) is 53.9 Å². The van der Waals surface area contributed by atoms with Crippen molar-refractivity contribution in [2.75, 3.05) is 26.2 Å². The van der Waals surface area contributed by atoms with Gasteiger partial charge in [-0.05, 0) is 42.0 Å². The molecule has 44 heavy (non-hydrogen) atoms. The summed E-state index contributed by atoms with van der Waals surface area (Å²) < 4.78 is 47.4. The number of fused-ring (bicyclic) bond motifs is 1. The highest BCUT2D eigenvalue weighted by atomic mass is 19.3. The number of aromatic nitrogens is 5. The van der Waals surface area contributed by atoms with E-state index in [1.54, 1.807) is 30.0 Å². The highest BCUT2D eigenvalue weighted by Crippen LogP contribution is 2.40. The maximum absolute atomic E-state index is 15.1. The number of alkyl halides is 3.